The molecule has 2 aromatic carbocycles. The van der Waals surface area contributed by atoms with Gasteiger partial charge in [0.2, 0.25) is 0 Å². The van der Waals surface area contributed by atoms with Gasteiger partial charge in [0.1, 0.15) is 4.83 Å². The van der Waals surface area contributed by atoms with Crippen LogP contribution in [0.5, 0.6) is 0 Å². The Morgan fingerprint density at radius 2 is 1.81 bits per heavy atom. The van der Waals surface area contributed by atoms with Crippen molar-refractivity contribution in [2.75, 3.05) is 10.2 Å². The number of thiophene rings is 1. The first-order valence-corrected chi connectivity index (χ1v) is 9.21. The van der Waals surface area contributed by atoms with Crippen LogP contribution in [-0.4, -0.2) is 17.3 Å². The van der Waals surface area contributed by atoms with Crippen LogP contribution in [0.25, 0.3) is 21.3 Å². The van der Waals surface area contributed by atoms with Crippen LogP contribution in [0.1, 0.15) is 9.67 Å². The van der Waals surface area contributed by atoms with Crippen molar-refractivity contribution < 1.29 is 9.59 Å². The molecule has 0 saturated heterocycles. The van der Waals surface area contributed by atoms with Crippen LogP contribution < -0.4 is 10.2 Å². The summed E-state index contributed by atoms with van der Waals surface area (Å²) in [6.07, 6.45) is 2.43. The number of nitrogens with one attached hydrogen (secondary N) is 1. The predicted molar refractivity (Wildman–Crippen MR) is 108 cm³/mol. The first kappa shape index (κ1) is 15.7. The number of anilines is 3. The minimum Gasteiger partial charge on any atom is -0.305 e. The molecule has 6 heteroatoms. The summed E-state index contributed by atoms with van der Waals surface area (Å²) in [5.74, 6) is 0. The molecule has 3 heterocycles. The highest BCUT2D eigenvalue weighted by Crippen LogP contribution is 2.45. The van der Waals surface area contributed by atoms with Crippen LogP contribution in [-0.2, 0) is 0 Å². The van der Waals surface area contributed by atoms with Crippen molar-refractivity contribution in [3.8, 4) is 11.1 Å². The molecule has 0 bridgehead atoms. The fraction of sp³-hybridized carbons (Fsp3) is 0. The fourth-order valence-electron chi connectivity index (χ4n) is 3.40. The number of carbonyl (C=O) groups excluding carboxylic acids is 2. The lowest BCUT2D eigenvalue weighted by Gasteiger charge is -2.28. The van der Waals surface area contributed by atoms with E-state index in [2.05, 4.69) is 10.3 Å². The lowest BCUT2D eigenvalue weighted by Crippen LogP contribution is -2.33. The van der Waals surface area contributed by atoms with Gasteiger partial charge in [0.25, 0.3) is 0 Å². The molecule has 0 fully saturated rings. The normalized spacial score (nSPS) is 12.9. The zero-order valence-electron chi connectivity index (χ0n) is 14.0. The summed E-state index contributed by atoms with van der Waals surface area (Å²) in [6.45, 7) is 0. The quantitative estimate of drug-likeness (QED) is 0.487. The van der Waals surface area contributed by atoms with E-state index in [1.165, 1.54) is 11.3 Å². The molecule has 2 amide bonds. The molecule has 27 heavy (non-hydrogen) atoms. The average Bonchev–Trinajstić information content (AvgIpc) is 3.08. The Bertz CT molecular complexity index is 1200. The summed E-state index contributed by atoms with van der Waals surface area (Å²) in [6, 6.07) is 19.4. The molecule has 1 N–H and O–H groups in total. The maximum absolute atomic E-state index is 12.9. The standard InChI is InChI=1S/C21H13N3O2S/c25-12-17-19-18-16(9-10-22-20(18)27-17)24(21(26)23-19)15-8-4-7-14(11-15)13-5-2-1-3-6-13/h1-12H,(H,23,26). The van der Waals surface area contributed by atoms with Gasteiger partial charge in [-0.15, -0.1) is 11.3 Å². The summed E-state index contributed by atoms with van der Waals surface area (Å²) >= 11 is 1.28. The second-order valence-corrected chi connectivity index (χ2v) is 7.18. The minimum absolute atomic E-state index is 0.290. The van der Waals surface area contributed by atoms with Crippen molar-refractivity contribution in [3.05, 3.63) is 71.7 Å². The van der Waals surface area contributed by atoms with E-state index in [0.29, 0.717) is 10.6 Å². The molecular formula is C21H13N3O2S. The van der Waals surface area contributed by atoms with Gasteiger partial charge in [0, 0.05) is 6.20 Å². The smallest absolute Gasteiger partial charge is 0.305 e. The Kier molecular flexibility index (Phi) is 3.51. The summed E-state index contributed by atoms with van der Waals surface area (Å²) in [4.78, 5) is 31.5. The van der Waals surface area contributed by atoms with Gasteiger partial charge < -0.3 is 5.32 Å². The monoisotopic (exact) mass is 371 g/mol. The number of rotatable bonds is 3. The van der Waals surface area contributed by atoms with Gasteiger partial charge in [-0.25, -0.2) is 9.78 Å². The van der Waals surface area contributed by atoms with E-state index < -0.39 is 0 Å². The van der Waals surface area contributed by atoms with E-state index >= 15 is 0 Å². The summed E-state index contributed by atoms with van der Waals surface area (Å²) < 4.78 is 0. The maximum Gasteiger partial charge on any atom is 0.331 e. The van der Waals surface area contributed by atoms with Gasteiger partial charge in [-0.1, -0.05) is 42.5 Å². The molecule has 0 atom stereocenters. The maximum atomic E-state index is 12.9. The van der Waals surface area contributed by atoms with Crippen LogP contribution in [0.2, 0.25) is 0 Å². The predicted octanol–water partition coefficient (Wildman–Crippen LogP) is 5.46. The highest BCUT2D eigenvalue weighted by atomic mass is 32.1. The summed E-state index contributed by atoms with van der Waals surface area (Å²) in [5.41, 5.74) is 4.14. The Balaban J connectivity index is 1.70. The van der Waals surface area contributed by atoms with Crippen molar-refractivity contribution in [1.29, 1.82) is 0 Å². The Morgan fingerprint density at radius 3 is 2.63 bits per heavy atom. The number of hydrogen-bond acceptors (Lipinski definition) is 4. The molecule has 2 aromatic heterocycles. The van der Waals surface area contributed by atoms with Gasteiger partial charge in [-0.3, -0.25) is 9.69 Å². The average molecular weight is 371 g/mol. The molecular weight excluding hydrogens is 358 g/mol. The van der Waals surface area contributed by atoms with Gasteiger partial charge in [0.15, 0.2) is 6.29 Å². The lowest BCUT2D eigenvalue weighted by atomic mass is 10.0. The first-order valence-electron chi connectivity index (χ1n) is 8.39. The molecule has 4 aromatic rings. The molecule has 1 aliphatic rings. The van der Waals surface area contributed by atoms with Crippen molar-refractivity contribution in [3.63, 3.8) is 0 Å². The summed E-state index contributed by atoms with van der Waals surface area (Å²) in [5, 5.41) is 3.66. The highest BCUT2D eigenvalue weighted by Gasteiger charge is 2.30. The van der Waals surface area contributed by atoms with Gasteiger partial charge in [-0.05, 0) is 29.3 Å². The molecule has 0 saturated carbocycles. The minimum atomic E-state index is -0.290. The number of carbonyl (C=O) groups is 2. The van der Waals surface area contributed by atoms with E-state index in [4.69, 9.17) is 0 Å². The number of nitrogens with zero attached hydrogens (tertiary/aromatic N) is 2. The first-order chi connectivity index (χ1) is 13.3. The van der Waals surface area contributed by atoms with E-state index in [9.17, 15) is 9.59 Å². The molecule has 0 spiro atoms. The van der Waals surface area contributed by atoms with E-state index in [0.717, 1.165) is 39.0 Å². The Morgan fingerprint density at radius 1 is 1.00 bits per heavy atom. The van der Waals surface area contributed by atoms with Gasteiger partial charge >= 0.3 is 6.03 Å². The summed E-state index contributed by atoms with van der Waals surface area (Å²) in [7, 11) is 0. The molecule has 0 radical (unpaired) electrons. The number of pyridine rings is 1. The Hall–Kier alpha value is -3.51. The zero-order valence-corrected chi connectivity index (χ0v) is 14.9. The number of benzene rings is 2. The van der Waals surface area contributed by atoms with Crippen LogP contribution in [0, 0.1) is 0 Å². The second-order valence-electron chi connectivity index (χ2n) is 6.15. The van der Waals surface area contributed by atoms with Gasteiger partial charge in [-0.2, -0.15) is 0 Å². The van der Waals surface area contributed by atoms with E-state index in [1.54, 1.807) is 17.2 Å². The highest BCUT2D eigenvalue weighted by molar-refractivity contribution is 7.21. The van der Waals surface area contributed by atoms with E-state index in [1.807, 2.05) is 54.6 Å². The fourth-order valence-corrected chi connectivity index (χ4v) is 4.33. The Labute approximate surface area is 158 Å². The SMILES string of the molecule is O=Cc1sc2nccc3c2c1NC(=O)N3c1cccc(-c2ccccc2)c1. The topological polar surface area (TPSA) is 62.3 Å². The van der Waals surface area contributed by atoms with Gasteiger partial charge in [0.05, 0.1) is 27.3 Å². The number of aromatic nitrogens is 1. The van der Waals surface area contributed by atoms with E-state index in [-0.39, 0.29) is 6.03 Å². The van der Waals surface area contributed by atoms with Crippen molar-refractivity contribution >= 4 is 50.9 Å². The number of amides is 2. The lowest BCUT2D eigenvalue weighted by molar-refractivity contribution is 0.112. The van der Waals surface area contributed by atoms with Crippen molar-refractivity contribution in [2.24, 2.45) is 0 Å². The zero-order chi connectivity index (χ0) is 18.4. The van der Waals surface area contributed by atoms with Crippen LogP contribution in [0.3, 0.4) is 0 Å². The third kappa shape index (κ3) is 2.42. The number of hydrogen-bond donors (Lipinski definition) is 1. The largest absolute Gasteiger partial charge is 0.331 e. The van der Waals surface area contributed by atoms with Crippen LogP contribution in [0.15, 0.2) is 66.9 Å². The molecule has 1 aliphatic heterocycles. The number of urea groups is 1. The third-order valence-electron chi connectivity index (χ3n) is 4.59. The molecule has 0 unspecified atom stereocenters. The third-order valence-corrected chi connectivity index (χ3v) is 5.61. The van der Waals surface area contributed by atoms with Crippen molar-refractivity contribution in [2.45, 2.75) is 0 Å². The molecule has 130 valence electrons. The van der Waals surface area contributed by atoms with Crippen LogP contribution in [0.4, 0.5) is 21.9 Å². The molecule has 0 aliphatic carbocycles. The molecule has 5 rings (SSSR count). The van der Waals surface area contributed by atoms with Crippen molar-refractivity contribution in [1.82, 2.24) is 4.98 Å². The second kappa shape index (κ2) is 6.03. The van der Waals surface area contributed by atoms with Crippen LogP contribution >= 0.6 is 11.3 Å². The molecule has 5 nitrogen and oxygen atoms in total. The number of aldehydes is 1.